The average Bonchev–Trinajstić information content (AvgIpc) is 3.42. The van der Waals surface area contributed by atoms with Gasteiger partial charge in [0.15, 0.2) is 5.82 Å². The second kappa shape index (κ2) is 9.43. The minimum Gasteiger partial charge on any atom is -0.316 e. The molecule has 1 aliphatic rings. The summed E-state index contributed by atoms with van der Waals surface area (Å²) in [7, 11) is 0. The van der Waals surface area contributed by atoms with Gasteiger partial charge in [0.05, 0.1) is 11.3 Å². The number of nitrogens with zero attached hydrogens (tertiary/aromatic N) is 4. The zero-order valence-corrected chi connectivity index (χ0v) is 20.1. The summed E-state index contributed by atoms with van der Waals surface area (Å²) in [4.78, 5) is 22.5. The summed E-state index contributed by atoms with van der Waals surface area (Å²) >= 11 is 2.81. The predicted molar refractivity (Wildman–Crippen MR) is 128 cm³/mol. The van der Waals surface area contributed by atoms with Crippen molar-refractivity contribution in [1.29, 1.82) is 5.26 Å². The van der Waals surface area contributed by atoms with E-state index in [1.165, 1.54) is 16.6 Å². The number of rotatable bonds is 7. The van der Waals surface area contributed by atoms with Crippen molar-refractivity contribution in [3.63, 3.8) is 0 Å². The van der Waals surface area contributed by atoms with Crippen molar-refractivity contribution in [2.24, 2.45) is 11.3 Å². The van der Waals surface area contributed by atoms with Gasteiger partial charge in [0.25, 0.3) is 0 Å². The number of amides is 1. The molecule has 7 nitrogen and oxygen atoms in total. The number of H-pyrrole nitrogens is 1. The van der Waals surface area contributed by atoms with E-state index >= 15 is 0 Å². The van der Waals surface area contributed by atoms with E-state index in [0.29, 0.717) is 33.2 Å². The first-order valence-electron chi connectivity index (χ1n) is 10.7. The molecule has 0 bridgehead atoms. The number of nitrogens with one attached hydrogen (secondary N) is 2. The largest absolute Gasteiger partial charge is 0.316 e. The van der Waals surface area contributed by atoms with Crippen LogP contribution in [0.1, 0.15) is 49.6 Å². The number of thiophene rings is 1. The molecule has 2 N–H and O–H groups in total. The second-order valence-corrected chi connectivity index (χ2v) is 10.7. The van der Waals surface area contributed by atoms with Crippen molar-refractivity contribution in [3.8, 4) is 17.6 Å². The van der Waals surface area contributed by atoms with Crippen molar-refractivity contribution in [2.45, 2.75) is 51.6 Å². The zero-order valence-electron chi connectivity index (χ0n) is 18.4. The number of aromatic nitrogens is 4. The topological polar surface area (TPSA) is 107 Å². The Morgan fingerprint density at radius 3 is 3.00 bits per heavy atom. The van der Waals surface area contributed by atoms with Crippen molar-refractivity contribution in [3.05, 3.63) is 40.4 Å². The van der Waals surface area contributed by atoms with E-state index < -0.39 is 0 Å². The van der Waals surface area contributed by atoms with Gasteiger partial charge in [-0.3, -0.25) is 14.9 Å². The fraction of sp³-hybridized carbons (Fsp3) is 0.435. The first-order valence-corrected chi connectivity index (χ1v) is 12.5. The van der Waals surface area contributed by atoms with Gasteiger partial charge in [-0.15, -0.1) is 16.4 Å². The van der Waals surface area contributed by atoms with Crippen LogP contribution in [0.25, 0.3) is 11.5 Å². The van der Waals surface area contributed by atoms with Gasteiger partial charge in [0.1, 0.15) is 16.8 Å². The standard InChI is InChI=1S/C23H26N6OS2/c1-4-23(2,3)14-8-9-15-16(12-24)21(32-18(15)11-14)26-19(30)13-31-22-27-20(28-29-22)17-7-5-6-10-25-17/h5-7,10,14H,4,8-9,11,13H2,1-3H3,(H,26,30)(H,27,28,29). The fourth-order valence-electron chi connectivity index (χ4n) is 3.97. The molecule has 1 aliphatic carbocycles. The summed E-state index contributed by atoms with van der Waals surface area (Å²) in [6.07, 6.45) is 5.80. The first kappa shape index (κ1) is 22.5. The third kappa shape index (κ3) is 4.71. The summed E-state index contributed by atoms with van der Waals surface area (Å²) in [5.41, 5.74) is 2.73. The van der Waals surface area contributed by atoms with E-state index in [4.69, 9.17) is 0 Å². The average molecular weight is 467 g/mol. The molecule has 0 radical (unpaired) electrons. The maximum atomic E-state index is 12.6. The van der Waals surface area contributed by atoms with Crippen molar-refractivity contribution in [2.75, 3.05) is 11.1 Å². The molecule has 1 atom stereocenters. The third-order valence-electron chi connectivity index (χ3n) is 6.35. The van der Waals surface area contributed by atoms with Gasteiger partial charge in [-0.25, -0.2) is 0 Å². The highest BCUT2D eigenvalue weighted by molar-refractivity contribution is 7.99. The quantitative estimate of drug-likeness (QED) is 0.471. The van der Waals surface area contributed by atoms with Gasteiger partial charge in [0, 0.05) is 11.1 Å². The van der Waals surface area contributed by atoms with Gasteiger partial charge in [-0.05, 0) is 48.3 Å². The summed E-state index contributed by atoms with van der Waals surface area (Å²) in [6, 6.07) is 7.88. The molecule has 3 aromatic rings. The Morgan fingerprint density at radius 1 is 1.44 bits per heavy atom. The molecule has 32 heavy (non-hydrogen) atoms. The van der Waals surface area contributed by atoms with E-state index in [9.17, 15) is 10.1 Å². The number of hydrogen-bond donors (Lipinski definition) is 2. The van der Waals surface area contributed by atoms with Gasteiger partial charge < -0.3 is 5.32 Å². The maximum Gasteiger partial charge on any atom is 0.235 e. The van der Waals surface area contributed by atoms with Gasteiger partial charge in [-0.1, -0.05) is 45.0 Å². The molecule has 1 unspecified atom stereocenters. The molecule has 0 saturated carbocycles. The van der Waals surface area contributed by atoms with E-state index in [1.807, 2.05) is 18.2 Å². The number of hydrogen-bond acceptors (Lipinski definition) is 7. The van der Waals surface area contributed by atoms with E-state index in [0.717, 1.165) is 31.2 Å². The third-order valence-corrected chi connectivity index (χ3v) is 8.37. The number of nitriles is 1. The van der Waals surface area contributed by atoms with Crippen LogP contribution in [0.3, 0.4) is 0 Å². The minimum absolute atomic E-state index is 0.165. The lowest BCUT2D eigenvalue weighted by Gasteiger charge is -2.36. The highest BCUT2D eigenvalue weighted by Crippen LogP contribution is 2.45. The molecular weight excluding hydrogens is 440 g/mol. The molecule has 166 valence electrons. The number of anilines is 1. The van der Waals surface area contributed by atoms with Gasteiger partial charge in [-0.2, -0.15) is 10.2 Å². The summed E-state index contributed by atoms with van der Waals surface area (Å²) in [5.74, 6) is 1.16. The van der Waals surface area contributed by atoms with Gasteiger partial charge >= 0.3 is 0 Å². The number of thioether (sulfide) groups is 1. The molecule has 9 heteroatoms. The van der Waals surface area contributed by atoms with Crippen LogP contribution < -0.4 is 5.32 Å². The highest BCUT2D eigenvalue weighted by atomic mass is 32.2. The fourth-order valence-corrected chi connectivity index (χ4v) is 5.86. The van der Waals surface area contributed by atoms with Gasteiger partial charge in [0.2, 0.25) is 11.1 Å². The SMILES string of the molecule is CCC(C)(C)C1CCc2c(sc(NC(=O)CSc3n[nH]c(-c4ccccn4)n3)c2C#N)C1. The van der Waals surface area contributed by atoms with Crippen LogP contribution in [0.15, 0.2) is 29.6 Å². The molecular formula is C23H26N6OS2. The smallest absolute Gasteiger partial charge is 0.235 e. The normalized spacial score (nSPS) is 15.8. The van der Waals surface area contributed by atoms with Crippen LogP contribution in [0, 0.1) is 22.7 Å². The highest BCUT2D eigenvalue weighted by Gasteiger charge is 2.34. The molecule has 0 saturated heterocycles. The molecule has 3 heterocycles. The molecule has 0 fully saturated rings. The Morgan fingerprint density at radius 2 is 2.28 bits per heavy atom. The number of pyridine rings is 1. The van der Waals surface area contributed by atoms with Crippen molar-refractivity contribution < 1.29 is 4.79 Å². The van der Waals surface area contributed by atoms with Crippen LogP contribution in [0.2, 0.25) is 0 Å². The lowest BCUT2D eigenvalue weighted by Crippen LogP contribution is -2.28. The van der Waals surface area contributed by atoms with E-state index in [1.54, 1.807) is 17.5 Å². The lowest BCUT2D eigenvalue weighted by atomic mass is 9.69. The summed E-state index contributed by atoms with van der Waals surface area (Å²) in [6.45, 7) is 6.88. The molecule has 0 aromatic carbocycles. The molecule has 0 spiro atoms. The number of carbonyl (C=O) groups is 1. The Labute approximate surface area is 196 Å². The Kier molecular flexibility index (Phi) is 6.63. The summed E-state index contributed by atoms with van der Waals surface area (Å²) < 4.78 is 0. The Balaban J connectivity index is 1.40. The molecule has 3 aromatic heterocycles. The number of fused-ring (bicyclic) bond motifs is 1. The minimum atomic E-state index is -0.167. The first-order chi connectivity index (χ1) is 15.4. The van der Waals surface area contributed by atoms with E-state index in [-0.39, 0.29) is 17.1 Å². The maximum absolute atomic E-state index is 12.6. The van der Waals surface area contributed by atoms with Crippen LogP contribution >= 0.6 is 23.1 Å². The Hall–Kier alpha value is -2.70. The van der Waals surface area contributed by atoms with Crippen molar-refractivity contribution >= 4 is 34.0 Å². The monoisotopic (exact) mass is 466 g/mol. The zero-order chi connectivity index (χ0) is 22.7. The van der Waals surface area contributed by atoms with Crippen LogP contribution in [-0.4, -0.2) is 31.8 Å². The van der Waals surface area contributed by atoms with Crippen LogP contribution in [-0.2, 0) is 17.6 Å². The Bertz CT molecular complexity index is 1150. The van der Waals surface area contributed by atoms with Crippen LogP contribution in [0.5, 0.6) is 0 Å². The second-order valence-electron chi connectivity index (χ2n) is 8.62. The molecule has 0 aliphatic heterocycles. The van der Waals surface area contributed by atoms with Crippen molar-refractivity contribution in [1.82, 2.24) is 20.2 Å². The number of carbonyl (C=O) groups excluding carboxylic acids is 1. The molecule has 1 amide bonds. The predicted octanol–water partition coefficient (Wildman–Crippen LogP) is 5.07. The molecule has 4 rings (SSSR count). The summed E-state index contributed by atoms with van der Waals surface area (Å²) in [5, 5.41) is 20.8. The van der Waals surface area contributed by atoms with Crippen LogP contribution in [0.4, 0.5) is 5.00 Å². The lowest BCUT2D eigenvalue weighted by molar-refractivity contribution is -0.113. The van der Waals surface area contributed by atoms with E-state index in [2.05, 4.69) is 52.3 Å². The number of aromatic amines is 1.